The fourth-order valence-corrected chi connectivity index (χ4v) is 3.97. The molecule has 0 fully saturated rings. The third kappa shape index (κ3) is 4.06. The minimum atomic E-state index is -3.72. The Morgan fingerprint density at radius 2 is 1.76 bits per heavy atom. The van der Waals surface area contributed by atoms with Crippen molar-refractivity contribution in [1.29, 1.82) is 0 Å². The second-order valence-electron chi connectivity index (χ2n) is 2.82. The lowest BCUT2D eigenvalue weighted by molar-refractivity contribution is 0.598. The van der Waals surface area contributed by atoms with Gasteiger partial charge < -0.3 is 0 Å². The summed E-state index contributed by atoms with van der Waals surface area (Å²) < 4.78 is 28.0. The van der Waals surface area contributed by atoms with Crippen LogP contribution >= 0.6 is 46.7 Å². The molecule has 1 rings (SSSR count). The predicted molar refractivity (Wildman–Crippen MR) is 78.1 cm³/mol. The van der Waals surface area contributed by atoms with E-state index in [0.29, 0.717) is 9.40 Å². The monoisotopic (exact) mass is 329 g/mol. The molecule has 0 aliphatic heterocycles. The second-order valence-corrected chi connectivity index (χ2v) is 7.08. The first-order chi connectivity index (χ1) is 7.90. The number of benzene rings is 1. The zero-order valence-corrected chi connectivity index (χ0v) is 12.9. The van der Waals surface area contributed by atoms with E-state index in [2.05, 4.69) is 4.40 Å². The molecule has 1 aromatic carbocycles. The minimum absolute atomic E-state index is 0.0347. The van der Waals surface area contributed by atoms with Crippen LogP contribution in [0.2, 0.25) is 10.0 Å². The van der Waals surface area contributed by atoms with Crippen molar-refractivity contribution in [3.63, 3.8) is 0 Å². The highest BCUT2D eigenvalue weighted by Crippen LogP contribution is 2.26. The Hall–Kier alpha value is 0.120. The highest BCUT2D eigenvalue weighted by Gasteiger charge is 2.15. The first kappa shape index (κ1) is 15.2. The third-order valence-corrected chi connectivity index (χ3v) is 5.86. The van der Waals surface area contributed by atoms with Gasteiger partial charge in [-0.3, -0.25) is 0 Å². The molecule has 0 N–H and O–H groups in total. The number of hydrogen-bond acceptors (Lipinski definition) is 4. The number of thioether (sulfide) groups is 2. The molecule has 0 aromatic heterocycles. The summed E-state index contributed by atoms with van der Waals surface area (Å²) in [6.45, 7) is 0. The Morgan fingerprint density at radius 1 is 1.18 bits per heavy atom. The summed E-state index contributed by atoms with van der Waals surface area (Å²) in [6.07, 6.45) is 3.53. The van der Waals surface area contributed by atoms with Gasteiger partial charge in [0.15, 0.2) is 0 Å². The van der Waals surface area contributed by atoms with Crippen LogP contribution in [0.4, 0.5) is 0 Å². The van der Waals surface area contributed by atoms with E-state index in [9.17, 15) is 8.42 Å². The van der Waals surface area contributed by atoms with Gasteiger partial charge in [0, 0.05) is 0 Å². The topological polar surface area (TPSA) is 46.5 Å². The van der Waals surface area contributed by atoms with Crippen LogP contribution in [0.1, 0.15) is 0 Å². The zero-order chi connectivity index (χ0) is 13.1. The van der Waals surface area contributed by atoms with E-state index in [4.69, 9.17) is 23.2 Å². The molecule has 1 aromatic rings. The molecule has 0 heterocycles. The van der Waals surface area contributed by atoms with Crippen molar-refractivity contribution in [1.82, 2.24) is 0 Å². The number of halogens is 2. The average Bonchev–Trinajstić information content (AvgIpc) is 2.29. The maximum absolute atomic E-state index is 11.9. The van der Waals surface area contributed by atoms with E-state index in [0.717, 1.165) is 0 Å². The van der Waals surface area contributed by atoms with Gasteiger partial charge in [-0.1, -0.05) is 23.2 Å². The standard InChI is InChI=1S/C9H9Cl2NO2S3/c1-15-9(16-2)12-17(13,14)6-3-4-7(10)8(11)5-6/h3-5H,1-2H3. The van der Waals surface area contributed by atoms with Crippen molar-refractivity contribution >= 4 is 61.1 Å². The van der Waals surface area contributed by atoms with Gasteiger partial charge >= 0.3 is 0 Å². The lowest BCUT2D eigenvalue weighted by Gasteiger charge is -2.02. The van der Waals surface area contributed by atoms with Crippen LogP contribution in [0, 0.1) is 0 Å². The highest BCUT2D eigenvalue weighted by molar-refractivity contribution is 8.38. The van der Waals surface area contributed by atoms with E-state index in [1.807, 2.05) is 0 Å². The number of sulfonamides is 1. The van der Waals surface area contributed by atoms with Gasteiger partial charge in [-0.2, -0.15) is 8.42 Å². The van der Waals surface area contributed by atoms with E-state index in [-0.39, 0.29) is 9.92 Å². The van der Waals surface area contributed by atoms with Gasteiger partial charge in [0.1, 0.15) is 4.38 Å². The Morgan fingerprint density at radius 3 is 2.24 bits per heavy atom. The summed E-state index contributed by atoms with van der Waals surface area (Å²) in [5.74, 6) is 0. The van der Waals surface area contributed by atoms with Crippen LogP contribution in [0.15, 0.2) is 27.5 Å². The van der Waals surface area contributed by atoms with Gasteiger partial charge in [-0.05, 0) is 30.7 Å². The quantitative estimate of drug-likeness (QED) is 0.612. The zero-order valence-electron chi connectivity index (χ0n) is 8.98. The Balaban J connectivity index is 3.22. The Labute approximate surface area is 119 Å². The largest absolute Gasteiger partial charge is 0.283 e. The molecule has 3 nitrogen and oxygen atoms in total. The summed E-state index contributed by atoms with van der Waals surface area (Å²) in [4.78, 5) is 0.0347. The fourth-order valence-electron chi connectivity index (χ4n) is 0.946. The molecule has 0 aliphatic carbocycles. The smallest absolute Gasteiger partial charge is 0.199 e. The van der Waals surface area contributed by atoms with E-state index < -0.39 is 10.0 Å². The van der Waals surface area contributed by atoms with Gasteiger partial charge in [0.2, 0.25) is 0 Å². The molecule has 0 radical (unpaired) electrons. The van der Waals surface area contributed by atoms with E-state index in [1.165, 1.54) is 41.7 Å². The van der Waals surface area contributed by atoms with Gasteiger partial charge in [-0.25, -0.2) is 0 Å². The molecule has 0 spiro atoms. The van der Waals surface area contributed by atoms with Crippen molar-refractivity contribution < 1.29 is 8.42 Å². The van der Waals surface area contributed by atoms with Crippen LogP contribution in [0.25, 0.3) is 0 Å². The number of hydrogen-bond donors (Lipinski definition) is 0. The lowest BCUT2D eigenvalue weighted by Crippen LogP contribution is -1.99. The lowest BCUT2D eigenvalue weighted by atomic mass is 10.4. The highest BCUT2D eigenvalue weighted by atomic mass is 35.5. The van der Waals surface area contributed by atoms with Crippen LogP contribution < -0.4 is 0 Å². The molecule has 0 unspecified atom stereocenters. The summed E-state index contributed by atoms with van der Waals surface area (Å²) in [5.41, 5.74) is 0. The molecule has 0 saturated carbocycles. The van der Waals surface area contributed by atoms with Gasteiger partial charge in [-0.15, -0.1) is 27.9 Å². The maximum atomic E-state index is 11.9. The molecule has 17 heavy (non-hydrogen) atoms. The molecule has 0 aliphatic rings. The minimum Gasteiger partial charge on any atom is -0.199 e. The number of nitrogens with zero attached hydrogens (tertiary/aromatic N) is 1. The van der Waals surface area contributed by atoms with Gasteiger partial charge in [0.25, 0.3) is 10.0 Å². The average molecular weight is 330 g/mol. The van der Waals surface area contributed by atoms with Crippen molar-refractivity contribution in [2.24, 2.45) is 4.40 Å². The molecule has 94 valence electrons. The van der Waals surface area contributed by atoms with Crippen molar-refractivity contribution in [3.05, 3.63) is 28.2 Å². The van der Waals surface area contributed by atoms with Crippen LogP contribution in [-0.4, -0.2) is 25.3 Å². The first-order valence-corrected chi connectivity index (χ1v) is 8.93. The predicted octanol–water partition coefficient (Wildman–Crippen LogP) is 3.76. The SMILES string of the molecule is CSC(=NS(=O)(=O)c1ccc(Cl)c(Cl)c1)SC. The number of rotatable bonds is 2. The maximum Gasteiger partial charge on any atom is 0.283 e. The summed E-state index contributed by atoms with van der Waals surface area (Å²) >= 11 is 14.0. The summed E-state index contributed by atoms with van der Waals surface area (Å²) in [7, 11) is -3.72. The van der Waals surface area contributed by atoms with Gasteiger partial charge in [0.05, 0.1) is 14.9 Å². The molecule has 8 heteroatoms. The fraction of sp³-hybridized carbons (Fsp3) is 0.222. The van der Waals surface area contributed by atoms with Crippen LogP contribution in [0.5, 0.6) is 0 Å². The molecule has 0 amide bonds. The van der Waals surface area contributed by atoms with E-state index >= 15 is 0 Å². The van der Waals surface area contributed by atoms with Crippen molar-refractivity contribution in [2.75, 3.05) is 12.5 Å². The third-order valence-electron chi connectivity index (χ3n) is 1.73. The molecular weight excluding hydrogens is 321 g/mol. The van der Waals surface area contributed by atoms with Crippen LogP contribution in [0.3, 0.4) is 0 Å². The Kier molecular flexibility index (Phi) is 5.66. The molecule has 0 atom stereocenters. The van der Waals surface area contributed by atoms with Crippen molar-refractivity contribution in [3.8, 4) is 0 Å². The Bertz CT molecular complexity index is 537. The summed E-state index contributed by atoms with van der Waals surface area (Å²) in [5, 5.41) is 0.502. The van der Waals surface area contributed by atoms with E-state index in [1.54, 1.807) is 12.5 Å². The van der Waals surface area contributed by atoms with Crippen LogP contribution in [-0.2, 0) is 10.0 Å². The molecule has 0 saturated heterocycles. The first-order valence-electron chi connectivity index (χ1n) is 4.28. The summed E-state index contributed by atoms with van der Waals surface area (Å²) in [6, 6.07) is 4.11. The molecular formula is C9H9Cl2NO2S3. The van der Waals surface area contributed by atoms with Crippen molar-refractivity contribution in [2.45, 2.75) is 4.90 Å². The second kappa shape index (κ2) is 6.33. The normalized spacial score (nSPS) is 11.3. The molecule has 0 bridgehead atoms.